The molecule has 1 unspecified atom stereocenters. The maximum Gasteiger partial charge on any atom is 0.321 e. The van der Waals surface area contributed by atoms with Crippen LogP contribution in [-0.4, -0.2) is 30.1 Å². The highest BCUT2D eigenvalue weighted by atomic mass is 32.2. The van der Waals surface area contributed by atoms with Gasteiger partial charge in [-0.05, 0) is 42.5 Å². The third-order valence-electron chi connectivity index (χ3n) is 2.98. The number of rotatable bonds is 2. The smallest absolute Gasteiger partial charge is 0.321 e. The third-order valence-corrected chi connectivity index (χ3v) is 3.82. The summed E-state index contributed by atoms with van der Waals surface area (Å²) >= 11 is 0. The van der Waals surface area contributed by atoms with Gasteiger partial charge in [0.05, 0.1) is 4.90 Å². The van der Waals surface area contributed by atoms with E-state index >= 15 is 0 Å². The fourth-order valence-corrected chi connectivity index (χ4v) is 1.81. The standard InChI is InChI=1S/C8H10O3S.C6H13NO2/c1-6-3-4-8(5-7(6)2)12(9,10)11;1-6(2,3)4(7)5(8)9/h3-5H,1-2H3,(H,9,10,11);4H,7H2,1-3H3,(H,8,9). The van der Waals surface area contributed by atoms with Gasteiger partial charge in [-0.3, -0.25) is 9.35 Å². The quantitative estimate of drug-likeness (QED) is 0.718. The lowest BCUT2D eigenvalue weighted by atomic mass is 9.88. The van der Waals surface area contributed by atoms with Crippen molar-refractivity contribution in [3.8, 4) is 0 Å². The molecule has 0 amide bonds. The van der Waals surface area contributed by atoms with Gasteiger partial charge in [0.1, 0.15) is 6.04 Å². The summed E-state index contributed by atoms with van der Waals surface area (Å²) in [5.41, 5.74) is 6.81. The summed E-state index contributed by atoms with van der Waals surface area (Å²) in [5.74, 6) is -0.942. The van der Waals surface area contributed by atoms with Gasteiger partial charge in [0, 0.05) is 0 Å². The molecule has 120 valence electrons. The second-order valence-corrected chi connectivity index (χ2v) is 7.32. The van der Waals surface area contributed by atoms with Crippen LogP contribution in [0.25, 0.3) is 0 Å². The molecule has 0 aliphatic heterocycles. The lowest BCUT2D eigenvalue weighted by Crippen LogP contribution is -2.41. The molecule has 21 heavy (non-hydrogen) atoms. The molecule has 0 aliphatic carbocycles. The van der Waals surface area contributed by atoms with Crippen LogP contribution < -0.4 is 5.73 Å². The van der Waals surface area contributed by atoms with Gasteiger partial charge >= 0.3 is 5.97 Å². The Bertz CT molecular complexity index is 602. The highest BCUT2D eigenvalue weighted by molar-refractivity contribution is 7.85. The maximum atomic E-state index is 10.7. The van der Waals surface area contributed by atoms with Crippen molar-refractivity contribution in [1.29, 1.82) is 0 Å². The summed E-state index contributed by atoms with van der Waals surface area (Å²) in [6.45, 7) is 9.07. The molecule has 0 saturated carbocycles. The summed E-state index contributed by atoms with van der Waals surface area (Å²) in [5, 5.41) is 8.39. The Labute approximate surface area is 125 Å². The van der Waals surface area contributed by atoms with Gasteiger partial charge in [-0.15, -0.1) is 0 Å². The van der Waals surface area contributed by atoms with Gasteiger partial charge in [0.15, 0.2) is 0 Å². The zero-order chi connectivity index (χ0) is 17.0. The number of benzene rings is 1. The van der Waals surface area contributed by atoms with Crippen LogP contribution in [0.1, 0.15) is 31.9 Å². The van der Waals surface area contributed by atoms with E-state index in [1.165, 1.54) is 12.1 Å². The van der Waals surface area contributed by atoms with Crippen LogP contribution in [0.4, 0.5) is 0 Å². The molecule has 0 saturated heterocycles. The summed E-state index contributed by atoms with van der Waals surface area (Å²) in [6, 6.07) is 3.73. The Balaban J connectivity index is 0.000000400. The molecule has 0 bridgehead atoms. The summed E-state index contributed by atoms with van der Waals surface area (Å²) in [6.07, 6.45) is 0. The number of carboxylic acid groups (broad SMARTS) is 1. The minimum Gasteiger partial charge on any atom is -0.480 e. The predicted octanol–water partition coefficient (Wildman–Crippen LogP) is 1.99. The van der Waals surface area contributed by atoms with Gasteiger partial charge in [-0.1, -0.05) is 26.8 Å². The molecule has 1 atom stereocenters. The molecule has 0 aliphatic rings. The van der Waals surface area contributed by atoms with E-state index in [4.69, 9.17) is 15.4 Å². The molecule has 0 fully saturated rings. The van der Waals surface area contributed by atoms with E-state index in [1.54, 1.807) is 33.8 Å². The number of hydrogen-bond donors (Lipinski definition) is 3. The van der Waals surface area contributed by atoms with E-state index in [0.717, 1.165) is 11.1 Å². The van der Waals surface area contributed by atoms with Crippen LogP contribution >= 0.6 is 0 Å². The second kappa shape index (κ2) is 7.02. The average Bonchev–Trinajstić information content (AvgIpc) is 2.29. The van der Waals surface area contributed by atoms with Gasteiger partial charge in [-0.25, -0.2) is 0 Å². The molecule has 7 heteroatoms. The topological polar surface area (TPSA) is 118 Å². The number of aryl methyl sites for hydroxylation is 2. The first-order valence-corrected chi connectivity index (χ1v) is 7.74. The Kier molecular flexibility index (Phi) is 6.54. The number of carbonyl (C=O) groups is 1. The van der Waals surface area contributed by atoms with E-state index in [0.29, 0.717) is 0 Å². The van der Waals surface area contributed by atoms with Crippen LogP contribution in [0.3, 0.4) is 0 Å². The molecule has 0 spiro atoms. The number of nitrogens with two attached hydrogens (primary N) is 1. The summed E-state index contributed by atoms with van der Waals surface area (Å²) in [4.78, 5) is 10.2. The number of hydrogen-bond acceptors (Lipinski definition) is 4. The van der Waals surface area contributed by atoms with Crippen LogP contribution in [0.15, 0.2) is 23.1 Å². The van der Waals surface area contributed by atoms with Crippen LogP contribution in [-0.2, 0) is 14.9 Å². The lowest BCUT2D eigenvalue weighted by molar-refractivity contribution is -0.141. The molecule has 1 aromatic carbocycles. The molecule has 6 nitrogen and oxygen atoms in total. The summed E-state index contributed by atoms with van der Waals surface area (Å²) < 4.78 is 30.0. The molecule has 1 rings (SSSR count). The molecule has 4 N–H and O–H groups in total. The van der Waals surface area contributed by atoms with Crippen LogP contribution in [0, 0.1) is 19.3 Å². The van der Waals surface area contributed by atoms with Crippen molar-refractivity contribution in [2.45, 2.75) is 45.6 Å². The van der Waals surface area contributed by atoms with E-state index < -0.39 is 22.1 Å². The Morgan fingerprint density at radius 1 is 1.19 bits per heavy atom. The van der Waals surface area contributed by atoms with Gasteiger partial charge in [0.25, 0.3) is 10.1 Å². The van der Waals surface area contributed by atoms with E-state index in [9.17, 15) is 13.2 Å². The minimum atomic E-state index is -4.04. The van der Waals surface area contributed by atoms with E-state index in [-0.39, 0.29) is 10.3 Å². The fraction of sp³-hybridized carbons (Fsp3) is 0.500. The van der Waals surface area contributed by atoms with Gasteiger partial charge in [-0.2, -0.15) is 8.42 Å². The predicted molar refractivity (Wildman–Crippen MR) is 80.8 cm³/mol. The van der Waals surface area contributed by atoms with Crippen molar-refractivity contribution in [3.05, 3.63) is 29.3 Å². The summed E-state index contributed by atoms with van der Waals surface area (Å²) in [7, 11) is -4.04. The van der Waals surface area contributed by atoms with Crippen molar-refractivity contribution < 1.29 is 22.9 Å². The van der Waals surface area contributed by atoms with E-state index in [2.05, 4.69) is 0 Å². The molecular formula is C14H23NO5S. The second-order valence-electron chi connectivity index (χ2n) is 5.90. The van der Waals surface area contributed by atoms with Crippen LogP contribution in [0.5, 0.6) is 0 Å². The molecular weight excluding hydrogens is 294 g/mol. The third kappa shape index (κ3) is 6.70. The van der Waals surface area contributed by atoms with Crippen molar-refractivity contribution in [1.82, 2.24) is 0 Å². The van der Waals surface area contributed by atoms with Crippen LogP contribution in [0.2, 0.25) is 0 Å². The highest BCUT2D eigenvalue weighted by Gasteiger charge is 2.26. The molecule has 0 heterocycles. The Hall–Kier alpha value is -1.44. The van der Waals surface area contributed by atoms with Crippen molar-refractivity contribution in [2.24, 2.45) is 11.1 Å². The molecule has 0 radical (unpaired) electrons. The maximum absolute atomic E-state index is 10.7. The SMILES string of the molecule is CC(C)(C)C(N)C(=O)O.Cc1ccc(S(=O)(=O)O)cc1C. The highest BCUT2D eigenvalue weighted by Crippen LogP contribution is 2.16. The van der Waals surface area contributed by atoms with Crippen molar-refractivity contribution in [3.63, 3.8) is 0 Å². The van der Waals surface area contributed by atoms with Crippen molar-refractivity contribution >= 4 is 16.1 Å². The first-order chi connectivity index (χ1) is 9.26. The first kappa shape index (κ1) is 19.6. The number of carboxylic acids is 1. The minimum absolute atomic E-state index is 0.0504. The largest absolute Gasteiger partial charge is 0.480 e. The van der Waals surface area contributed by atoms with Gasteiger partial charge < -0.3 is 10.8 Å². The van der Waals surface area contributed by atoms with E-state index in [1.807, 2.05) is 6.92 Å². The van der Waals surface area contributed by atoms with Gasteiger partial charge in [0.2, 0.25) is 0 Å². The Morgan fingerprint density at radius 2 is 1.67 bits per heavy atom. The molecule has 0 aromatic heterocycles. The lowest BCUT2D eigenvalue weighted by Gasteiger charge is -2.22. The monoisotopic (exact) mass is 317 g/mol. The zero-order valence-corrected chi connectivity index (χ0v) is 13.7. The molecule has 1 aromatic rings. The fourth-order valence-electron chi connectivity index (χ4n) is 1.24. The average molecular weight is 317 g/mol. The van der Waals surface area contributed by atoms with Crippen molar-refractivity contribution in [2.75, 3.05) is 0 Å². The zero-order valence-electron chi connectivity index (χ0n) is 12.9. The first-order valence-electron chi connectivity index (χ1n) is 6.30. The normalized spacial score (nSPS) is 13.1. The Morgan fingerprint density at radius 3 is 1.90 bits per heavy atom. The number of aliphatic carboxylic acids is 1.